The van der Waals surface area contributed by atoms with E-state index in [0.717, 1.165) is 6.07 Å². The fraction of sp³-hybridized carbons (Fsp3) is 0.222. The number of phenolic OH excluding ortho intramolecular Hbond substituents is 1. The highest BCUT2D eigenvalue weighted by atomic mass is 79.9. The minimum atomic E-state index is -1.65. The van der Waals surface area contributed by atoms with Gasteiger partial charge in [-0.1, -0.05) is 0 Å². The summed E-state index contributed by atoms with van der Waals surface area (Å²) in [5.74, 6) is -3.05. The molecule has 4 N–H and O–H groups in total. The number of aromatic hydroxyl groups is 1. The molecule has 0 spiro atoms. The van der Waals surface area contributed by atoms with Crippen molar-refractivity contribution in [2.45, 2.75) is 6.04 Å². The molecule has 0 aliphatic rings. The molecular weight excluding hydrogens is 285 g/mol. The molecular formula is C9H9BrFNO4. The number of methoxy groups -OCH3 is 1. The summed E-state index contributed by atoms with van der Waals surface area (Å²) < 4.78 is 18.4. The number of carbonyl (C=O) groups is 1. The predicted octanol–water partition coefficient (Wildman–Crippen LogP) is 1.39. The van der Waals surface area contributed by atoms with Crippen LogP contribution in [0.1, 0.15) is 11.6 Å². The van der Waals surface area contributed by atoms with E-state index >= 15 is 0 Å². The minimum absolute atomic E-state index is 0.0619. The van der Waals surface area contributed by atoms with E-state index in [1.807, 2.05) is 0 Å². The Morgan fingerprint density at radius 3 is 2.69 bits per heavy atom. The lowest BCUT2D eigenvalue weighted by Crippen LogP contribution is -2.22. The van der Waals surface area contributed by atoms with Gasteiger partial charge >= 0.3 is 5.97 Å². The van der Waals surface area contributed by atoms with E-state index in [-0.39, 0.29) is 10.2 Å². The number of phenols is 1. The highest BCUT2D eigenvalue weighted by Crippen LogP contribution is 2.40. The van der Waals surface area contributed by atoms with Gasteiger partial charge in [0, 0.05) is 0 Å². The number of benzene rings is 1. The molecule has 0 heterocycles. The third-order valence-corrected chi connectivity index (χ3v) is 2.57. The van der Waals surface area contributed by atoms with Crippen LogP contribution in [-0.2, 0) is 4.79 Å². The molecule has 0 aromatic heterocycles. The van der Waals surface area contributed by atoms with Crippen LogP contribution >= 0.6 is 15.9 Å². The first kappa shape index (κ1) is 12.7. The van der Waals surface area contributed by atoms with Crippen molar-refractivity contribution in [1.29, 1.82) is 0 Å². The Hall–Kier alpha value is -1.34. The normalized spacial score (nSPS) is 12.2. The van der Waals surface area contributed by atoms with Gasteiger partial charge in [-0.3, -0.25) is 4.79 Å². The highest BCUT2D eigenvalue weighted by molar-refractivity contribution is 9.10. The highest BCUT2D eigenvalue weighted by Gasteiger charge is 2.26. The van der Waals surface area contributed by atoms with Gasteiger partial charge in [0.1, 0.15) is 11.9 Å². The predicted molar refractivity (Wildman–Crippen MR) is 56.9 cm³/mol. The van der Waals surface area contributed by atoms with Crippen LogP contribution in [0, 0.1) is 5.82 Å². The van der Waals surface area contributed by atoms with Crippen LogP contribution in [0.15, 0.2) is 10.5 Å². The second-order valence-electron chi connectivity index (χ2n) is 2.95. The number of hydrogen-bond acceptors (Lipinski definition) is 4. The molecule has 0 bridgehead atoms. The van der Waals surface area contributed by atoms with Gasteiger partial charge in [-0.05, 0) is 22.0 Å². The van der Waals surface area contributed by atoms with Crippen molar-refractivity contribution in [1.82, 2.24) is 0 Å². The van der Waals surface area contributed by atoms with E-state index in [9.17, 15) is 14.3 Å². The van der Waals surface area contributed by atoms with Crippen LogP contribution in [0.3, 0.4) is 0 Å². The standard InChI is InChI=1S/C9H9BrFNO4/c1-16-8-3(10)2-4(11)5(7(8)13)6(12)9(14)15/h2,6,13H,12H2,1H3,(H,14,15). The zero-order valence-corrected chi connectivity index (χ0v) is 9.78. The fourth-order valence-electron chi connectivity index (χ4n) is 1.22. The SMILES string of the molecule is COc1c(Br)cc(F)c(C(N)C(=O)O)c1O. The number of aliphatic carboxylic acids is 1. The molecule has 0 aliphatic heterocycles. The molecule has 0 radical (unpaired) electrons. The average Bonchev–Trinajstić information content (AvgIpc) is 2.17. The molecule has 1 rings (SSSR count). The molecule has 0 amide bonds. The third-order valence-electron chi connectivity index (χ3n) is 1.98. The molecule has 0 aliphatic carbocycles. The summed E-state index contributed by atoms with van der Waals surface area (Å²) in [4.78, 5) is 10.6. The Balaban J connectivity index is 3.45. The van der Waals surface area contributed by atoms with Crippen molar-refractivity contribution in [3.8, 4) is 11.5 Å². The fourth-order valence-corrected chi connectivity index (χ4v) is 1.77. The second-order valence-corrected chi connectivity index (χ2v) is 3.81. The lowest BCUT2D eigenvalue weighted by Gasteiger charge is -2.14. The van der Waals surface area contributed by atoms with Crippen LogP contribution in [0.25, 0.3) is 0 Å². The van der Waals surface area contributed by atoms with Crippen molar-refractivity contribution in [3.63, 3.8) is 0 Å². The molecule has 0 fully saturated rings. The van der Waals surface area contributed by atoms with Crippen molar-refractivity contribution in [2.24, 2.45) is 5.73 Å². The van der Waals surface area contributed by atoms with Crippen molar-refractivity contribution in [2.75, 3.05) is 7.11 Å². The maximum atomic E-state index is 13.4. The lowest BCUT2D eigenvalue weighted by molar-refractivity contribution is -0.138. The van der Waals surface area contributed by atoms with Gasteiger partial charge in [-0.2, -0.15) is 0 Å². The van der Waals surface area contributed by atoms with Gasteiger partial charge in [0.2, 0.25) is 0 Å². The molecule has 16 heavy (non-hydrogen) atoms. The van der Waals surface area contributed by atoms with Gasteiger partial charge in [0.05, 0.1) is 17.1 Å². The van der Waals surface area contributed by atoms with Crippen molar-refractivity contribution < 1.29 is 24.1 Å². The molecule has 0 saturated carbocycles. The van der Waals surface area contributed by atoms with Crippen molar-refractivity contribution in [3.05, 3.63) is 21.9 Å². The quantitative estimate of drug-likeness (QED) is 0.783. The van der Waals surface area contributed by atoms with Gasteiger partial charge in [-0.15, -0.1) is 0 Å². The number of rotatable bonds is 3. The van der Waals surface area contributed by atoms with Crippen LogP contribution in [-0.4, -0.2) is 23.3 Å². The molecule has 7 heteroatoms. The second kappa shape index (κ2) is 4.67. The smallest absolute Gasteiger partial charge is 0.325 e. The number of halogens is 2. The molecule has 1 aromatic rings. The molecule has 1 unspecified atom stereocenters. The van der Waals surface area contributed by atoms with E-state index in [2.05, 4.69) is 15.9 Å². The minimum Gasteiger partial charge on any atom is -0.504 e. The van der Waals surface area contributed by atoms with E-state index < -0.39 is 29.1 Å². The first-order valence-corrected chi connectivity index (χ1v) is 4.92. The lowest BCUT2D eigenvalue weighted by atomic mass is 10.1. The zero-order valence-electron chi connectivity index (χ0n) is 8.20. The number of carboxylic acids is 1. The Bertz CT molecular complexity index is 438. The van der Waals surface area contributed by atoms with E-state index in [1.165, 1.54) is 7.11 Å². The van der Waals surface area contributed by atoms with Gasteiger partial charge in [0.15, 0.2) is 11.5 Å². The van der Waals surface area contributed by atoms with E-state index in [4.69, 9.17) is 15.6 Å². The zero-order chi connectivity index (χ0) is 12.5. The number of ether oxygens (including phenoxy) is 1. The monoisotopic (exact) mass is 293 g/mol. The molecule has 1 aromatic carbocycles. The van der Waals surface area contributed by atoms with E-state index in [0.29, 0.717) is 0 Å². The summed E-state index contributed by atoms with van der Waals surface area (Å²) >= 11 is 2.97. The Kier molecular flexibility index (Phi) is 3.71. The number of carboxylic acid groups (broad SMARTS) is 1. The molecule has 1 atom stereocenters. The van der Waals surface area contributed by atoms with Gasteiger partial charge < -0.3 is 20.7 Å². The Morgan fingerprint density at radius 2 is 2.25 bits per heavy atom. The third kappa shape index (κ3) is 2.10. The molecule has 0 saturated heterocycles. The van der Waals surface area contributed by atoms with Crippen LogP contribution in [0.4, 0.5) is 4.39 Å². The summed E-state index contributed by atoms with van der Waals surface area (Å²) in [6.07, 6.45) is 0. The largest absolute Gasteiger partial charge is 0.504 e. The van der Waals surface area contributed by atoms with E-state index in [1.54, 1.807) is 0 Å². The van der Waals surface area contributed by atoms with Crippen LogP contribution in [0.2, 0.25) is 0 Å². The van der Waals surface area contributed by atoms with Gasteiger partial charge in [0.25, 0.3) is 0 Å². The summed E-state index contributed by atoms with van der Waals surface area (Å²) in [6, 6.07) is -0.668. The number of hydrogen-bond donors (Lipinski definition) is 3. The Morgan fingerprint density at radius 1 is 1.69 bits per heavy atom. The van der Waals surface area contributed by atoms with Gasteiger partial charge in [-0.25, -0.2) is 4.39 Å². The first-order valence-electron chi connectivity index (χ1n) is 4.13. The Labute approximate surface area is 98.8 Å². The topological polar surface area (TPSA) is 92.8 Å². The molecule has 88 valence electrons. The summed E-state index contributed by atoms with van der Waals surface area (Å²) in [5, 5.41) is 18.3. The van der Waals surface area contributed by atoms with Crippen LogP contribution in [0.5, 0.6) is 11.5 Å². The maximum Gasteiger partial charge on any atom is 0.325 e. The summed E-state index contributed by atoms with van der Waals surface area (Å²) in [5.41, 5.74) is 4.74. The average molecular weight is 294 g/mol. The van der Waals surface area contributed by atoms with Crippen molar-refractivity contribution >= 4 is 21.9 Å². The maximum absolute atomic E-state index is 13.4. The summed E-state index contributed by atoms with van der Waals surface area (Å²) in [6.45, 7) is 0. The summed E-state index contributed by atoms with van der Waals surface area (Å²) in [7, 11) is 1.26. The molecule has 5 nitrogen and oxygen atoms in total. The van der Waals surface area contributed by atoms with Crippen LogP contribution < -0.4 is 10.5 Å². The first-order chi connectivity index (χ1) is 7.40. The number of nitrogens with two attached hydrogens (primary N) is 1.